The first-order valence-electron chi connectivity index (χ1n) is 22.6. The van der Waals surface area contributed by atoms with Gasteiger partial charge in [-0.25, -0.2) is 0 Å². The number of rotatable bonds is 8. The van der Waals surface area contributed by atoms with Gasteiger partial charge in [0.25, 0.3) is 0 Å². The highest BCUT2D eigenvalue weighted by molar-refractivity contribution is 8.76. The lowest BCUT2D eigenvalue weighted by Crippen LogP contribution is -2.59. The number of carbonyl (C=O) groups is 10. The van der Waals surface area contributed by atoms with Crippen molar-refractivity contribution < 1.29 is 57.4 Å². The summed E-state index contributed by atoms with van der Waals surface area (Å²) in [6.07, 6.45) is 5.95. The Balaban J connectivity index is 0.000000467. The highest BCUT2D eigenvalue weighted by atomic mass is 33.1. The first kappa shape index (κ1) is 59.7. The quantitative estimate of drug-likeness (QED) is 0.0687. The van der Waals surface area contributed by atoms with E-state index in [1.165, 1.54) is 21.6 Å². The number of esters is 2. The van der Waals surface area contributed by atoms with E-state index in [0.29, 0.717) is 18.6 Å². The Morgan fingerprint density at radius 3 is 1.63 bits per heavy atom. The Hall–Kier alpha value is -4.42. The highest BCUT2D eigenvalue weighted by Crippen LogP contribution is 2.24. The molecule has 24 heteroatoms. The molecule has 382 valence electrons. The second-order valence-electron chi connectivity index (χ2n) is 17.5. The Morgan fingerprint density at radius 2 is 1.10 bits per heavy atom. The smallest absolute Gasteiger partial charge is 0.326 e. The van der Waals surface area contributed by atoms with Crippen molar-refractivity contribution in [1.29, 1.82) is 0 Å². The number of fused-ring (bicyclic) bond motifs is 7. The van der Waals surface area contributed by atoms with Gasteiger partial charge in [-0.15, -0.1) is 0 Å². The van der Waals surface area contributed by atoms with Crippen LogP contribution in [0.5, 0.6) is 0 Å². The maximum Gasteiger partial charge on any atom is 0.326 e. The van der Waals surface area contributed by atoms with Crippen LogP contribution in [0.15, 0.2) is 24.3 Å². The van der Waals surface area contributed by atoms with Crippen molar-refractivity contribution in [3.05, 3.63) is 24.3 Å². The molecule has 0 aromatic rings. The molecule has 0 spiro atoms. The molecule has 0 aromatic heterocycles. The average molecular weight is 1030 g/mol. The van der Waals surface area contributed by atoms with Crippen LogP contribution >= 0.6 is 46.8 Å². The molecule has 2 saturated heterocycles. The van der Waals surface area contributed by atoms with E-state index >= 15 is 0 Å². The number of amides is 8. The van der Waals surface area contributed by atoms with E-state index in [-0.39, 0.29) is 48.0 Å². The van der Waals surface area contributed by atoms with E-state index < -0.39 is 121 Å². The second-order valence-corrected chi connectivity index (χ2v) is 20.9. The Morgan fingerprint density at radius 1 is 0.603 bits per heavy atom. The monoisotopic (exact) mass is 1030 g/mol. The zero-order chi connectivity index (χ0) is 51.1. The maximum absolute atomic E-state index is 13.1. The van der Waals surface area contributed by atoms with Gasteiger partial charge in [-0.2, -0.15) is 25.3 Å². The van der Waals surface area contributed by atoms with Crippen LogP contribution in [0.4, 0.5) is 0 Å². The van der Waals surface area contributed by atoms with Gasteiger partial charge in [-0.05, 0) is 54.4 Å². The predicted molar refractivity (Wildman–Crippen MR) is 266 cm³/mol. The summed E-state index contributed by atoms with van der Waals surface area (Å²) >= 11 is 8.28. The molecule has 3 aliphatic heterocycles. The molecule has 68 heavy (non-hydrogen) atoms. The van der Waals surface area contributed by atoms with Crippen molar-refractivity contribution in [2.75, 3.05) is 36.1 Å². The van der Waals surface area contributed by atoms with Crippen LogP contribution in [-0.4, -0.2) is 144 Å². The van der Waals surface area contributed by atoms with Crippen LogP contribution in [-0.2, 0) is 57.4 Å². The van der Waals surface area contributed by atoms with Crippen molar-refractivity contribution in [3.8, 4) is 0 Å². The van der Waals surface area contributed by atoms with Crippen molar-refractivity contribution >= 4 is 106 Å². The van der Waals surface area contributed by atoms with Crippen LogP contribution < -0.4 is 42.5 Å². The number of hydrogen-bond donors (Lipinski definition) is 10. The van der Waals surface area contributed by atoms with E-state index in [0.717, 1.165) is 5.75 Å². The molecule has 3 rings (SSSR count). The third kappa shape index (κ3) is 21.5. The third-order valence-electron chi connectivity index (χ3n) is 10.3. The Labute approximate surface area is 417 Å². The Kier molecular flexibility index (Phi) is 27.2. The zero-order valence-corrected chi connectivity index (χ0v) is 43.3. The molecule has 0 unspecified atom stereocenters. The van der Waals surface area contributed by atoms with E-state index in [1.807, 2.05) is 6.08 Å². The number of allylic oxidation sites excluding steroid dienone is 2. The van der Waals surface area contributed by atoms with Crippen molar-refractivity contribution in [1.82, 2.24) is 42.5 Å². The summed E-state index contributed by atoms with van der Waals surface area (Å²) in [7, 11) is 2.97. The van der Waals surface area contributed by atoms with E-state index in [4.69, 9.17) is 9.47 Å². The first-order valence-corrected chi connectivity index (χ1v) is 26.4. The van der Waals surface area contributed by atoms with Gasteiger partial charge in [0.2, 0.25) is 47.3 Å². The topological polar surface area (TPSA) is 285 Å². The zero-order valence-electron chi connectivity index (χ0n) is 39.9. The average Bonchev–Trinajstić information content (AvgIpc) is 3.26. The van der Waals surface area contributed by atoms with Gasteiger partial charge in [0.15, 0.2) is 0 Å². The van der Waals surface area contributed by atoms with Crippen LogP contribution in [0.2, 0.25) is 0 Å². The lowest BCUT2D eigenvalue weighted by molar-refractivity contribution is -0.149. The lowest BCUT2D eigenvalue weighted by Gasteiger charge is -2.28. The van der Waals surface area contributed by atoms with Gasteiger partial charge in [0.05, 0.1) is 12.8 Å². The van der Waals surface area contributed by atoms with Gasteiger partial charge in [0.1, 0.15) is 61.5 Å². The molecule has 2 bridgehead atoms. The summed E-state index contributed by atoms with van der Waals surface area (Å²) in [5, 5.41) is 21.0. The molecule has 3 aliphatic rings. The second kappa shape index (κ2) is 30.9. The minimum absolute atomic E-state index is 0.0207. The van der Waals surface area contributed by atoms with Crippen molar-refractivity contribution in [3.63, 3.8) is 0 Å². The minimum atomic E-state index is -1.03. The molecule has 0 aliphatic carbocycles. The van der Waals surface area contributed by atoms with Crippen LogP contribution in [0.1, 0.15) is 81.1 Å². The molecule has 3 heterocycles. The molecule has 0 saturated carbocycles. The standard InChI is InChI=1S/C22H34N4O6S2.C22H36N4O6S2/c1-12(2)18-21(30)23-10-17(28)32-14-7-5-6-8-33-34-11-15(20(29)26-18)24-22(31)19(13(3)4)25-16(27)9-14;1-12(2)18-21(30)23-10-17(28)32-14(7-5-6-8-33)9-16(27)25-19(13(3)4)22(31)24-15(11-34)20(29)26-18/h5,7,12-15,18-19H,6,8-11H2,1-4H3,(H,23,30)(H,24,31)(H,25,27)(H,26,29);5,7,12-15,18-19,33-34H,6,8-11H2,1-4H3,(H,23,30)(H,24,31)(H,25,27)(H,26,29)/b2*7-5+/t2*14-,15-,18-,19-/m11/s1. The first-order chi connectivity index (χ1) is 32.1. The summed E-state index contributed by atoms with van der Waals surface area (Å²) < 4.78 is 10.8. The van der Waals surface area contributed by atoms with Gasteiger partial charge < -0.3 is 52.0 Å². The highest BCUT2D eigenvalue weighted by Gasteiger charge is 2.35. The lowest BCUT2D eigenvalue weighted by atomic mass is 10.0. The predicted octanol–water partition coefficient (Wildman–Crippen LogP) is 0.516. The summed E-state index contributed by atoms with van der Waals surface area (Å²) in [6.45, 7) is 13.3. The molecule has 0 radical (unpaired) electrons. The van der Waals surface area contributed by atoms with Gasteiger partial charge in [-0.3, -0.25) is 47.9 Å². The van der Waals surface area contributed by atoms with E-state index in [9.17, 15) is 47.9 Å². The summed E-state index contributed by atoms with van der Waals surface area (Å²) in [4.78, 5) is 127. The third-order valence-corrected chi connectivity index (χ3v) is 13.4. The van der Waals surface area contributed by atoms with Gasteiger partial charge in [-0.1, -0.05) is 89.1 Å². The number of nitrogens with one attached hydrogen (secondary N) is 8. The fraction of sp³-hybridized carbons (Fsp3) is 0.682. The molecule has 2 fully saturated rings. The summed E-state index contributed by atoms with van der Waals surface area (Å²) in [5.41, 5.74) is 0. The molecule has 20 nitrogen and oxygen atoms in total. The molecule has 0 aromatic carbocycles. The van der Waals surface area contributed by atoms with E-state index in [2.05, 4.69) is 67.8 Å². The van der Waals surface area contributed by atoms with Crippen LogP contribution in [0.3, 0.4) is 0 Å². The normalized spacial score (nSPS) is 27.8. The minimum Gasteiger partial charge on any atom is -0.456 e. The number of cyclic esters (lactones) is 1. The van der Waals surface area contributed by atoms with Crippen molar-refractivity contribution in [2.24, 2.45) is 23.7 Å². The number of ether oxygens (including phenoxy) is 2. The largest absolute Gasteiger partial charge is 0.456 e. The van der Waals surface area contributed by atoms with Crippen LogP contribution in [0.25, 0.3) is 0 Å². The Bertz CT molecular complexity index is 1830. The van der Waals surface area contributed by atoms with Gasteiger partial charge >= 0.3 is 11.9 Å². The fourth-order valence-electron chi connectivity index (χ4n) is 6.50. The number of thiol groups is 2. The SMILES string of the molecule is CC(C)[C@H]1NC(=O)C[C@@H](/C=C/CCS)OC(=O)CNC(=O)[C@@H](C(C)C)NC(=O)[C@@H](CS)NC1=O.CC(C)[C@H]1NC(=O)C[C@H]2/C=C/CCSSC[C@@H](NC1=O)C(=O)N[C@H](C(C)C)C(=O)NCC(=O)O2. The van der Waals surface area contributed by atoms with Gasteiger partial charge in [0, 0.05) is 17.3 Å². The molecular formula is C44H70N8O12S4. The summed E-state index contributed by atoms with van der Waals surface area (Å²) in [6, 6.07) is -5.61. The molecule has 8 atom stereocenters. The number of hydrogen-bond acceptors (Lipinski definition) is 16. The number of carbonyl (C=O) groups excluding carboxylic acids is 10. The van der Waals surface area contributed by atoms with E-state index in [1.54, 1.807) is 73.6 Å². The molecule has 8 N–H and O–H groups in total. The summed E-state index contributed by atoms with van der Waals surface area (Å²) in [5.74, 6) is -5.25. The molecule has 8 amide bonds. The molecular weight excluding hydrogens is 961 g/mol. The fourth-order valence-corrected chi connectivity index (χ4v) is 9.06. The maximum atomic E-state index is 13.1. The van der Waals surface area contributed by atoms with Crippen molar-refractivity contribution in [2.45, 2.75) is 130 Å². The van der Waals surface area contributed by atoms with Crippen LogP contribution in [0, 0.1) is 23.7 Å².